The van der Waals surface area contributed by atoms with Gasteiger partial charge in [0.1, 0.15) is 48.8 Å². The summed E-state index contributed by atoms with van der Waals surface area (Å²) in [5.74, 6) is -0.574. The van der Waals surface area contributed by atoms with Crippen LogP contribution in [-0.4, -0.2) is 116 Å². The Hall–Kier alpha value is -0.930. The molecule has 12 heteroatoms. The highest BCUT2D eigenvalue weighted by atomic mass is 16.7. The van der Waals surface area contributed by atoms with E-state index < -0.39 is 80.5 Å². The molecule has 1 unspecified atom stereocenters. The van der Waals surface area contributed by atoms with E-state index in [4.69, 9.17) is 14.2 Å². The lowest BCUT2D eigenvalue weighted by Gasteiger charge is -2.46. The minimum atomic E-state index is -1.75. The van der Waals surface area contributed by atoms with Gasteiger partial charge in [-0.15, -0.1) is 0 Å². The molecule has 10 atom stereocenters. The van der Waals surface area contributed by atoms with Crippen LogP contribution in [0, 0.1) is 0 Å². The molecule has 2 aliphatic rings. The Morgan fingerprint density at radius 1 is 0.923 bits per heavy atom. The van der Waals surface area contributed by atoms with E-state index in [1.54, 1.807) is 0 Å². The number of hydrogen-bond acceptors (Lipinski definition) is 11. The van der Waals surface area contributed by atoms with Crippen molar-refractivity contribution in [3.8, 4) is 0 Å². The molecule has 2 aliphatic heterocycles. The van der Waals surface area contributed by atoms with Crippen molar-refractivity contribution in [3.05, 3.63) is 0 Å². The van der Waals surface area contributed by atoms with E-state index in [2.05, 4.69) is 5.32 Å². The van der Waals surface area contributed by atoms with E-state index in [1.807, 2.05) is 0 Å². The molecular weight excluding hydrogens is 358 g/mol. The minimum Gasteiger partial charge on any atom is -0.394 e. The maximum Gasteiger partial charge on any atom is 0.217 e. The molecule has 0 aromatic rings. The van der Waals surface area contributed by atoms with Gasteiger partial charge in [0.25, 0.3) is 0 Å². The summed E-state index contributed by atoms with van der Waals surface area (Å²) in [6.45, 7) is -0.194. The van der Waals surface area contributed by atoms with Gasteiger partial charge in [-0.1, -0.05) is 0 Å². The van der Waals surface area contributed by atoms with E-state index in [9.17, 15) is 40.5 Å². The maximum absolute atomic E-state index is 11.4. The van der Waals surface area contributed by atoms with Crippen molar-refractivity contribution in [2.75, 3.05) is 13.2 Å². The fraction of sp³-hybridized carbons (Fsp3) is 0.929. The van der Waals surface area contributed by atoms with E-state index in [0.717, 1.165) is 6.92 Å². The molecule has 8 N–H and O–H groups in total. The van der Waals surface area contributed by atoms with Crippen molar-refractivity contribution in [3.63, 3.8) is 0 Å². The van der Waals surface area contributed by atoms with Crippen LogP contribution in [0.3, 0.4) is 0 Å². The number of ether oxygens (including phenoxy) is 3. The number of hydrogen-bond donors (Lipinski definition) is 8. The van der Waals surface area contributed by atoms with Gasteiger partial charge in [0.15, 0.2) is 12.6 Å². The van der Waals surface area contributed by atoms with Gasteiger partial charge in [-0.25, -0.2) is 0 Å². The molecule has 0 spiro atoms. The van der Waals surface area contributed by atoms with Gasteiger partial charge < -0.3 is 55.3 Å². The SMILES string of the molecule is CC(=O)N[C@H]1[C@H](O[C@H]2[C@H](O)[C@@H](O)C(O)O[C@@H]2CO)O[C@H](CO)[C@@H](O)[C@@H]1O. The van der Waals surface area contributed by atoms with Crippen LogP contribution in [-0.2, 0) is 19.0 Å². The lowest BCUT2D eigenvalue weighted by atomic mass is 9.95. The summed E-state index contributed by atoms with van der Waals surface area (Å²) in [6.07, 6.45) is -13.6. The number of amides is 1. The minimum absolute atomic E-state index is 0.574. The van der Waals surface area contributed by atoms with E-state index >= 15 is 0 Å². The average Bonchev–Trinajstić information content (AvgIpc) is 2.60. The Bertz CT molecular complexity index is 478. The number of aliphatic hydroxyl groups excluding tert-OH is 7. The number of aliphatic hydroxyl groups is 7. The number of nitrogens with one attached hydrogen (secondary N) is 1. The summed E-state index contributed by atoms with van der Waals surface area (Å²) >= 11 is 0. The second kappa shape index (κ2) is 8.84. The first-order valence-corrected chi connectivity index (χ1v) is 8.06. The number of rotatable bonds is 5. The summed E-state index contributed by atoms with van der Waals surface area (Å²) in [6, 6.07) is -1.28. The Balaban J connectivity index is 2.22. The van der Waals surface area contributed by atoms with Gasteiger partial charge >= 0.3 is 0 Å². The van der Waals surface area contributed by atoms with Crippen LogP contribution in [0.4, 0.5) is 0 Å². The topological polar surface area (TPSA) is 198 Å². The van der Waals surface area contributed by atoms with Gasteiger partial charge in [0, 0.05) is 6.92 Å². The first-order chi connectivity index (χ1) is 12.2. The fourth-order valence-electron chi connectivity index (χ4n) is 2.98. The summed E-state index contributed by atoms with van der Waals surface area (Å²) in [4.78, 5) is 11.4. The van der Waals surface area contributed by atoms with Gasteiger partial charge in [0.2, 0.25) is 5.91 Å². The third-order valence-corrected chi connectivity index (χ3v) is 4.38. The molecule has 0 aromatic heterocycles. The smallest absolute Gasteiger partial charge is 0.217 e. The molecular formula is C14H25NO11. The molecule has 0 aromatic carbocycles. The highest BCUT2D eigenvalue weighted by Gasteiger charge is 2.50. The van der Waals surface area contributed by atoms with Crippen molar-refractivity contribution in [1.82, 2.24) is 5.32 Å². The summed E-state index contributed by atoms with van der Waals surface area (Å²) in [5.41, 5.74) is 0. The molecule has 0 radical (unpaired) electrons. The third kappa shape index (κ3) is 4.31. The monoisotopic (exact) mass is 383 g/mol. The summed E-state index contributed by atoms with van der Waals surface area (Å²) in [7, 11) is 0. The zero-order chi connectivity index (χ0) is 19.6. The molecule has 1 amide bonds. The second-order valence-electron chi connectivity index (χ2n) is 6.26. The molecule has 2 saturated heterocycles. The largest absolute Gasteiger partial charge is 0.394 e. The molecule has 0 saturated carbocycles. The summed E-state index contributed by atoms with van der Waals surface area (Å²) in [5, 5.41) is 70.5. The predicted octanol–water partition coefficient (Wildman–Crippen LogP) is -5.25. The van der Waals surface area contributed by atoms with Crippen LogP contribution in [0.5, 0.6) is 0 Å². The van der Waals surface area contributed by atoms with Crippen LogP contribution in [0.2, 0.25) is 0 Å². The molecule has 2 fully saturated rings. The Morgan fingerprint density at radius 2 is 1.54 bits per heavy atom. The number of carbonyl (C=O) groups is 1. The Kier molecular flexibility index (Phi) is 7.27. The van der Waals surface area contributed by atoms with Gasteiger partial charge in [-0.05, 0) is 0 Å². The molecule has 26 heavy (non-hydrogen) atoms. The third-order valence-electron chi connectivity index (χ3n) is 4.38. The fourth-order valence-corrected chi connectivity index (χ4v) is 2.98. The summed E-state index contributed by atoms with van der Waals surface area (Å²) < 4.78 is 15.8. The van der Waals surface area contributed by atoms with Gasteiger partial charge in [-0.2, -0.15) is 0 Å². The molecule has 2 rings (SSSR count). The highest BCUT2D eigenvalue weighted by molar-refractivity contribution is 5.73. The average molecular weight is 383 g/mol. The van der Waals surface area contributed by atoms with Crippen LogP contribution in [0.1, 0.15) is 6.92 Å². The number of carbonyl (C=O) groups excluding carboxylic acids is 1. The molecule has 0 aliphatic carbocycles. The van der Waals surface area contributed by atoms with Crippen molar-refractivity contribution in [2.24, 2.45) is 0 Å². The van der Waals surface area contributed by atoms with Crippen molar-refractivity contribution < 1.29 is 54.8 Å². The lowest BCUT2D eigenvalue weighted by molar-refractivity contribution is -0.341. The van der Waals surface area contributed by atoms with E-state index in [-0.39, 0.29) is 0 Å². The standard InChI is InChI=1S/C14H25NO11/c1-4(18)15-7-9(20)8(19)5(2-16)25-14(7)26-12-6(3-17)24-13(23)11(22)10(12)21/h5-14,16-17,19-23H,2-3H2,1H3,(H,15,18)/t5-,6-,7-,8-,9-,10-,11-,12-,13?,14+/m1/s1. The van der Waals surface area contributed by atoms with Crippen LogP contribution in [0.25, 0.3) is 0 Å². The Labute approximate surface area is 148 Å². The van der Waals surface area contributed by atoms with Crippen LogP contribution >= 0.6 is 0 Å². The second-order valence-corrected chi connectivity index (χ2v) is 6.26. The first kappa shape index (κ1) is 21.4. The lowest BCUT2D eigenvalue weighted by Crippen LogP contribution is -2.67. The quantitative estimate of drug-likeness (QED) is 0.226. The van der Waals surface area contributed by atoms with Crippen molar-refractivity contribution in [2.45, 2.75) is 68.3 Å². The molecule has 12 nitrogen and oxygen atoms in total. The predicted molar refractivity (Wildman–Crippen MR) is 80.2 cm³/mol. The molecule has 2 heterocycles. The van der Waals surface area contributed by atoms with Crippen LogP contribution in [0.15, 0.2) is 0 Å². The van der Waals surface area contributed by atoms with Gasteiger partial charge in [-0.3, -0.25) is 4.79 Å². The maximum atomic E-state index is 11.4. The van der Waals surface area contributed by atoms with Crippen LogP contribution < -0.4 is 5.32 Å². The Morgan fingerprint density at radius 3 is 2.08 bits per heavy atom. The normalized spacial score (nSPS) is 46.8. The first-order valence-electron chi connectivity index (χ1n) is 8.06. The zero-order valence-corrected chi connectivity index (χ0v) is 14.0. The van der Waals surface area contributed by atoms with E-state index in [1.165, 1.54) is 0 Å². The zero-order valence-electron chi connectivity index (χ0n) is 14.0. The molecule has 152 valence electrons. The van der Waals surface area contributed by atoms with Gasteiger partial charge in [0.05, 0.1) is 13.2 Å². The van der Waals surface area contributed by atoms with Crippen molar-refractivity contribution >= 4 is 5.91 Å². The van der Waals surface area contributed by atoms with E-state index in [0.29, 0.717) is 0 Å². The van der Waals surface area contributed by atoms with Crippen molar-refractivity contribution in [1.29, 1.82) is 0 Å². The highest BCUT2D eigenvalue weighted by Crippen LogP contribution is 2.28. The molecule has 0 bridgehead atoms.